The molecule has 0 aromatic carbocycles. The van der Waals surface area contributed by atoms with Crippen molar-refractivity contribution in [2.45, 2.75) is 25.4 Å². The quantitative estimate of drug-likeness (QED) is 0.483. The van der Waals surface area contributed by atoms with Crippen LogP contribution >= 0.6 is 0 Å². The van der Waals surface area contributed by atoms with Gasteiger partial charge in [0, 0.05) is 12.1 Å². The second-order valence-electron chi connectivity index (χ2n) is 4.67. The molecule has 1 aliphatic heterocycles. The number of aliphatic hydroxyl groups is 2. The summed E-state index contributed by atoms with van der Waals surface area (Å²) in [5, 5.41) is 18.9. The molecule has 1 aliphatic rings. The van der Waals surface area contributed by atoms with Crippen molar-refractivity contribution < 1.29 is 19.7 Å². The van der Waals surface area contributed by atoms with Gasteiger partial charge in [-0.3, -0.25) is 19.1 Å². The van der Waals surface area contributed by atoms with Gasteiger partial charge in [-0.1, -0.05) is 6.92 Å². The highest BCUT2D eigenvalue weighted by Gasteiger charge is 2.42. The SMILES string of the molecule is C[C@@H]1[C@H](O)[C@@H](CO)O[C@H]1n1cc(C(N)=O)c(=O)[nH]c1=O. The zero-order valence-corrected chi connectivity index (χ0v) is 10.6. The van der Waals surface area contributed by atoms with E-state index in [0.29, 0.717) is 0 Å². The molecule has 110 valence electrons. The summed E-state index contributed by atoms with van der Waals surface area (Å²) in [6.07, 6.45) is -1.73. The number of aliphatic hydroxyl groups excluding tert-OH is 2. The van der Waals surface area contributed by atoms with E-state index < -0.39 is 48.1 Å². The summed E-state index contributed by atoms with van der Waals surface area (Å²) in [5.74, 6) is -1.50. The fourth-order valence-corrected chi connectivity index (χ4v) is 2.21. The van der Waals surface area contributed by atoms with Crippen molar-refractivity contribution >= 4 is 5.91 Å². The van der Waals surface area contributed by atoms with Gasteiger partial charge in [-0.25, -0.2) is 4.79 Å². The average molecular weight is 285 g/mol. The first-order valence-corrected chi connectivity index (χ1v) is 5.96. The van der Waals surface area contributed by atoms with Gasteiger partial charge in [0.25, 0.3) is 11.5 Å². The minimum absolute atomic E-state index is 0.387. The lowest BCUT2D eigenvalue weighted by atomic mass is 10.0. The number of nitrogens with two attached hydrogens (primary N) is 1. The molecule has 1 fully saturated rings. The van der Waals surface area contributed by atoms with Crippen molar-refractivity contribution in [1.82, 2.24) is 9.55 Å². The molecule has 1 amide bonds. The van der Waals surface area contributed by atoms with Crippen LogP contribution in [0, 0.1) is 5.92 Å². The summed E-state index contributed by atoms with van der Waals surface area (Å²) >= 11 is 0. The number of H-pyrrole nitrogens is 1. The maximum absolute atomic E-state index is 11.8. The Bertz CT molecular complexity index is 636. The van der Waals surface area contributed by atoms with Crippen molar-refractivity contribution in [3.8, 4) is 0 Å². The van der Waals surface area contributed by atoms with Crippen molar-refractivity contribution in [3.05, 3.63) is 32.6 Å². The molecule has 9 nitrogen and oxygen atoms in total. The number of aromatic amines is 1. The Morgan fingerprint density at radius 3 is 2.70 bits per heavy atom. The maximum atomic E-state index is 11.8. The lowest BCUT2D eigenvalue weighted by molar-refractivity contribution is -0.0477. The predicted molar refractivity (Wildman–Crippen MR) is 66.0 cm³/mol. The maximum Gasteiger partial charge on any atom is 0.330 e. The van der Waals surface area contributed by atoms with Crippen molar-refractivity contribution in [2.75, 3.05) is 6.61 Å². The molecule has 5 N–H and O–H groups in total. The molecule has 0 radical (unpaired) electrons. The monoisotopic (exact) mass is 285 g/mol. The first-order valence-electron chi connectivity index (χ1n) is 5.96. The van der Waals surface area contributed by atoms with Gasteiger partial charge in [-0.2, -0.15) is 0 Å². The van der Waals surface area contributed by atoms with E-state index in [0.717, 1.165) is 10.8 Å². The fraction of sp³-hybridized carbons (Fsp3) is 0.545. The van der Waals surface area contributed by atoms with Crippen molar-refractivity contribution in [3.63, 3.8) is 0 Å². The van der Waals surface area contributed by atoms with E-state index in [-0.39, 0.29) is 5.56 Å². The number of rotatable bonds is 3. The zero-order valence-electron chi connectivity index (χ0n) is 10.6. The molecule has 4 atom stereocenters. The lowest BCUT2D eigenvalue weighted by Crippen LogP contribution is -2.38. The average Bonchev–Trinajstić information content (AvgIpc) is 2.66. The first kappa shape index (κ1) is 14.4. The number of ether oxygens (including phenoxy) is 1. The van der Waals surface area contributed by atoms with Crippen LogP contribution in [0.25, 0.3) is 0 Å². The molecule has 0 spiro atoms. The van der Waals surface area contributed by atoms with Crippen LogP contribution in [0.4, 0.5) is 0 Å². The van der Waals surface area contributed by atoms with E-state index in [1.54, 1.807) is 6.92 Å². The summed E-state index contributed by atoms with van der Waals surface area (Å²) in [7, 11) is 0. The Balaban J connectivity index is 2.48. The number of primary amides is 1. The Morgan fingerprint density at radius 2 is 2.20 bits per heavy atom. The van der Waals surface area contributed by atoms with Crippen LogP contribution in [-0.2, 0) is 4.74 Å². The Morgan fingerprint density at radius 1 is 1.55 bits per heavy atom. The highest BCUT2D eigenvalue weighted by molar-refractivity contribution is 5.91. The minimum atomic E-state index is -0.982. The Labute approximate surface area is 112 Å². The van der Waals surface area contributed by atoms with Gasteiger partial charge in [-0.05, 0) is 0 Å². The van der Waals surface area contributed by atoms with Gasteiger partial charge < -0.3 is 20.7 Å². The number of hydrogen-bond acceptors (Lipinski definition) is 6. The number of carbonyl (C=O) groups excluding carboxylic acids is 1. The molecule has 2 rings (SSSR count). The number of carbonyl (C=O) groups is 1. The molecule has 0 saturated carbocycles. The van der Waals surface area contributed by atoms with Gasteiger partial charge in [-0.15, -0.1) is 0 Å². The molecule has 2 heterocycles. The second kappa shape index (κ2) is 5.19. The summed E-state index contributed by atoms with van der Waals surface area (Å²) in [4.78, 5) is 36.3. The molecule has 1 aromatic heterocycles. The molecule has 9 heteroatoms. The minimum Gasteiger partial charge on any atom is -0.394 e. The third-order valence-corrected chi connectivity index (χ3v) is 3.37. The van der Waals surface area contributed by atoms with Crippen LogP contribution in [0.3, 0.4) is 0 Å². The summed E-state index contributed by atoms with van der Waals surface area (Å²) in [5.41, 5.74) is 2.98. The fourth-order valence-electron chi connectivity index (χ4n) is 2.21. The van der Waals surface area contributed by atoms with E-state index in [1.807, 2.05) is 4.98 Å². The molecular formula is C11H15N3O6. The number of aromatic nitrogens is 2. The van der Waals surface area contributed by atoms with Crippen LogP contribution < -0.4 is 17.0 Å². The van der Waals surface area contributed by atoms with Crippen molar-refractivity contribution in [1.29, 1.82) is 0 Å². The largest absolute Gasteiger partial charge is 0.394 e. The van der Waals surface area contributed by atoms with Crippen LogP contribution in [0.5, 0.6) is 0 Å². The standard InChI is InChI=1S/C11H15N3O6/c1-4-7(16)6(3-15)20-10(4)14-2-5(8(12)17)9(18)13-11(14)19/h2,4,6-7,10,15-16H,3H2,1H3,(H2,12,17)(H,13,18,19)/t4-,6-,7+,10-/m1/s1. The third kappa shape index (κ3) is 2.26. The molecule has 0 bridgehead atoms. The lowest BCUT2D eigenvalue weighted by Gasteiger charge is -2.18. The van der Waals surface area contributed by atoms with E-state index in [9.17, 15) is 19.5 Å². The molecule has 1 saturated heterocycles. The topological polar surface area (TPSA) is 148 Å². The number of nitrogens with one attached hydrogen (secondary N) is 1. The molecule has 0 unspecified atom stereocenters. The highest BCUT2D eigenvalue weighted by atomic mass is 16.5. The smallest absolute Gasteiger partial charge is 0.330 e. The van der Waals surface area contributed by atoms with Crippen LogP contribution in [0.2, 0.25) is 0 Å². The van der Waals surface area contributed by atoms with Gasteiger partial charge in [0.15, 0.2) is 0 Å². The number of amides is 1. The highest BCUT2D eigenvalue weighted by Crippen LogP contribution is 2.33. The number of hydrogen-bond donors (Lipinski definition) is 4. The Hall–Kier alpha value is -1.97. The van der Waals surface area contributed by atoms with Gasteiger partial charge in [0.2, 0.25) is 0 Å². The normalized spacial score (nSPS) is 29.6. The second-order valence-corrected chi connectivity index (χ2v) is 4.67. The van der Waals surface area contributed by atoms with Crippen LogP contribution in [0.15, 0.2) is 15.8 Å². The summed E-state index contributed by atoms with van der Waals surface area (Å²) in [6, 6.07) is 0. The van der Waals surface area contributed by atoms with E-state index in [4.69, 9.17) is 15.6 Å². The Kier molecular flexibility index (Phi) is 3.75. The number of nitrogens with zero attached hydrogens (tertiary/aromatic N) is 1. The molecule has 20 heavy (non-hydrogen) atoms. The third-order valence-electron chi connectivity index (χ3n) is 3.37. The molecular weight excluding hydrogens is 270 g/mol. The van der Waals surface area contributed by atoms with Gasteiger partial charge in [0.05, 0.1) is 12.7 Å². The van der Waals surface area contributed by atoms with Gasteiger partial charge >= 0.3 is 5.69 Å². The van der Waals surface area contributed by atoms with Gasteiger partial charge in [0.1, 0.15) is 17.9 Å². The van der Waals surface area contributed by atoms with Crippen molar-refractivity contribution in [2.24, 2.45) is 11.7 Å². The first-order chi connectivity index (χ1) is 9.36. The van der Waals surface area contributed by atoms with Crippen LogP contribution in [-0.4, -0.2) is 44.5 Å². The van der Waals surface area contributed by atoms with Crippen LogP contribution in [0.1, 0.15) is 23.5 Å². The van der Waals surface area contributed by atoms with E-state index in [2.05, 4.69) is 0 Å². The van der Waals surface area contributed by atoms with E-state index in [1.165, 1.54) is 0 Å². The molecule has 0 aliphatic carbocycles. The predicted octanol–water partition coefficient (Wildman–Crippen LogP) is -2.48. The molecule has 1 aromatic rings. The van der Waals surface area contributed by atoms with E-state index >= 15 is 0 Å². The summed E-state index contributed by atoms with van der Waals surface area (Å²) < 4.78 is 6.34. The zero-order chi connectivity index (χ0) is 15.0. The summed E-state index contributed by atoms with van der Waals surface area (Å²) in [6.45, 7) is 1.20.